The molecule has 4 aliphatic rings. The fourth-order valence-electron chi connectivity index (χ4n) is 6.84. The number of hydrogen-bond donors (Lipinski definition) is 4. The summed E-state index contributed by atoms with van der Waals surface area (Å²) in [6, 6.07) is 1.23. The van der Waals surface area contributed by atoms with Crippen LogP contribution in [0.15, 0.2) is 12.1 Å². The van der Waals surface area contributed by atoms with Crippen molar-refractivity contribution in [2.45, 2.75) is 37.3 Å². The Hall–Kier alpha value is -3.64. The predicted molar refractivity (Wildman–Crippen MR) is 131 cm³/mol. The van der Waals surface area contributed by atoms with Crippen LogP contribution in [0.4, 0.5) is 10.5 Å². The van der Waals surface area contributed by atoms with Gasteiger partial charge in [0.1, 0.15) is 5.75 Å². The molecule has 202 valence electrons. The molecule has 0 aromatic heterocycles. The first kappa shape index (κ1) is 26.0. The van der Waals surface area contributed by atoms with Crippen LogP contribution >= 0.6 is 0 Å². The Morgan fingerprint density at radius 1 is 1.11 bits per heavy atom. The number of likely N-dealkylation sites (N-methyl/N-ethyl adjacent to an activating group) is 1. The van der Waals surface area contributed by atoms with Crippen LogP contribution in [0, 0.1) is 23.7 Å². The van der Waals surface area contributed by atoms with Gasteiger partial charge in [0, 0.05) is 24.7 Å². The maximum absolute atomic E-state index is 13.8. The van der Waals surface area contributed by atoms with Crippen molar-refractivity contribution in [1.82, 2.24) is 9.80 Å². The average Bonchev–Trinajstić information content (AvgIpc) is 3.38. The number of carbonyl (C=O) groups excluding carboxylic acids is 6. The number of rotatable bonds is 3. The van der Waals surface area contributed by atoms with Crippen molar-refractivity contribution in [2.75, 3.05) is 32.5 Å². The number of phenols is 1. The minimum absolute atomic E-state index is 0.0565. The summed E-state index contributed by atoms with van der Waals surface area (Å²) < 4.78 is 0. The van der Waals surface area contributed by atoms with E-state index in [0.29, 0.717) is 24.3 Å². The quantitative estimate of drug-likeness (QED) is 0.297. The molecule has 3 amide bonds. The van der Waals surface area contributed by atoms with E-state index < -0.39 is 70.1 Å². The molecule has 5 rings (SSSR count). The molecule has 0 bridgehead atoms. The van der Waals surface area contributed by atoms with Crippen molar-refractivity contribution in [3.8, 4) is 5.75 Å². The summed E-state index contributed by atoms with van der Waals surface area (Å²) in [4.78, 5) is 81.8. The number of carbonyl (C=O) groups is 6. The van der Waals surface area contributed by atoms with Gasteiger partial charge in [0.25, 0.3) is 0 Å². The number of primary amides is 1. The van der Waals surface area contributed by atoms with Crippen LogP contribution in [-0.4, -0.2) is 93.9 Å². The zero-order chi connectivity index (χ0) is 27.7. The second-order valence-electron chi connectivity index (χ2n) is 10.9. The second kappa shape index (κ2) is 8.98. The largest absolute Gasteiger partial charge is 0.507 e. The summed E-state index contributed by atoms with van der Waals surface area (Å²) in [7, 11) is 3.05. The Morgan fingerprint density at radius 2 is 1.76 bits per heavy atom. The minimum atomic E-state index is -2.77. The Kier molecular flexibility index (Phi) is 6.14. The molecule has 12 heteroatoms. The van der Waals surface area contributed by atoms with Gasteiger partial charge in [-0.05, 0) is 63.4 Å². The molecular weight excluding hydrogens is 496 g/mol. The molecule has 0 spiro atoms. The third-order valence-corrected chi connectivity index (χ3v) is 8.58. The van der Waals surface area contributed by atoms with Gasteiger partial charge in [-0.25, -0.2) is 4.79 Å². The maximum Gasteiger partial charge on any atom is 0.321 e. The fraction of sp³-hybridized carbons (Fsp3) is 0.538. The number of nitrogens with two attached hydrogens (primary N) is 1. The van der Waals surface area contributed by atoms with Crippen LogP contribution in [0.25, 0.3) is 0 Å². The predicted octanol–water partition coefficient (Wildman–Crippen LogP) is -0.505. The molecule has 1 aliphatic heterocycles. The lowest BCUT2D eigenvalue weighted by Gasteiger charge is -2.52. The normalized spacial score (nSPS) is 32.6. The Bertz CT molecular complexity index is 1290. The van der Waals surface area contributed by atoms with Crippen molar-refractivity contribution < 1.29 is 39.0 Å². The molecule has 2 saturated carbocycles. The number of benzene rings is 1. The van der Waals surface area contributed by atoms with Gasteiger partial charge in [0.05, 0.1) is 17.5 Å². The summed E-state index contributed by atoms with van der Waals surface area (Å²) >= 11 is 0. The van der Waals surface area contributed by atoms with Crippen LogP contribution in [0.5, 0.6) is 5.75 Å². The number of aromatic hydroxyl groups is 1. The Morgan fingerprint density at radius 3 is 2.37 bits per heavy atom. The molecule has 2 unspecified atom stereocenters. The van der Waals surface area contributed by atoms with Gasteiger partial charge in [0.15, 0.2) is 34.7 Å². The van der Waals surface area contributed by atoms with Gasteiger partial charge in [-0.2, -0.15) is 0 Å². The molecule has 3 aliphatic carbocycles. The number of phenolic OH excluding ortho intramolecular Hbond substituents is 1. The molecule has 1 heterocycles. The van der Waals surface area contributed by atoms with E-state index >= 15 is 0 Å². The summed E-state index contributed by atoms with van der Waals surface area (Å²) in [5.74, 6) is -11.1. The van der Waals surface area contributed by atoms with Gasteiger partial charge in [-0.3, -0.25) is 28.9 Å². The third-order valence-electron chi connectivity index (χ3n) is 8.58. The summed E-state index contributed by atoms with van der Waals surface area (Å²) in [6.07, 6.45) is 1.79. The SMILES string of the molecule is CN(C)[C@@H]1C(=O)C(C(N)=O)C(=O)[C@@]2(O)C(=O)C3C(=O)c4c(O)ccc(NC(=O)N5CCCC5)c4C[C@H]3C[C@@H]12. The number of Topliss-reactive ketones (excluding diaryl/α,β-unsaturated/α-hetero) is 4. The maximum atomic E-state index is 13.8. The first-order valence-electron chi connectivity index (χ1n) is 12.6. The highest BCUT2D eigenvalue weighted by Gasteiger charge is 2.69. The van der Waals surface area contributed by atoms with Crippen LogP contribution < -0.4 is 11.1 Å². The molecular formula is C26H30N4O8. The third kappa shape index (κ3) is 3.57. The molecule has 5 N–H and O–H groups in total. The fourth-order valence-corrected chi connectivity index (χ4v) is 6.84. The number of ketones is 4. The minimum Gasteiger partial charge on any atom is -0.507 e. The second-order valence-corrected chi connectivity index (χ2v) is 10.9. The van der Waals surface area contributed by atoms with E-state index in [1.807, 2.05) is 0 Å². The van der Waals surface area contributed by atoms with Crippen molar-refractivity contribution >= 4 is 40.8 Å². The van der Waals surface area contributed by atoms with E-state index in [2.05, 4.69) is 5.32 Å². The summed E-state index contributed by atoms with van der Waals surface area (Å²) in [5.41, 5.74) is 3.07. The topological polar surface area (TPSA) is 187 Å². The zero-order valence-electron chi connectivity index (χ0n) is 21.1. The molecule has 0 radical (unpaired) electrons. The molecule has 1 aromatic rings. The van der Waals surface area contributed by atoms with Crippen molar-refractivity contribution in [3.05, 3.63) is 23.3 Å². The number of nitrogens with zero attached hydrogens (tertiary/aromatic N) is 2. The molecule has 3 fully saturated rings. The molecule has 6 atom stereocenters. The monoisotopic (exact) mass is 526 g/mol. The number of likely N-dealkylation sites (tertiary alicyclic amines) is 1. The lowest BCUT2D eigenvalue weighted by Crippen LogP contribution is -2.74. The van der Waals surface area contributed by atoms with Gasteiger partial charge in [0.2, 0.25) is 5.91 Å². The van der Waals surface area contributed by atoms with Crippen LogP contribution in [-0.2, 0) is 25.6 Å². The van der Waals surface area contributed by atoms with Gasteiger partial charge >= 0.3 is 6.03 Å². The van der Waals surface area contributed by atoms with E-state index in [-0.39, 0.29) is 24.4 Å². The molecule has 1 saturated heterocycles. The Labute approximate surface area is 218 Å². The highest BCUT2D eigenvalue weighted by molar-refractivity contribution is 6.32. The van der Waals surface area contributed by atoms with E-state index in [4.69, 9.17) is 5.73 Å². The number of hydrogen-bond acceptors (Lipinski definition) is 9. The number of urea groups is 1. The lowest BCUT2D eigenvalue weighted by molar-refractivity contribution is -0.181. The first-order valence-corrected chi connectivity index (χ1v) is 12.6. The van der Waals surface area contributed by atoms with Crippen LogP contribution in [0.3, 0.4) is 0 Å². The highest BCUT2D eigenvalue weighted by Crippen LogP contribution is 2.51. The molecule has 38 heavy (non-hydrogen) atoms. The van der Waals surface area contributed by atoms with E-state index in [9.17, 15) is 39.0 Å². The van der Waals surface area contributed by atoms with Crippen molar-refractivity contribution in [3.63, 3.8) is 0 Å². The summed E-state index contributed by atoms with van der Waals surface area (Å²) in [5, 5.41) is 25.0. The van der Waals surface area contributed by atoms with Gasteiger partial charge < -0.3 is 26.2 Å². The number of anilines is 1. The van der Waals surface area contributed by atoms with Crippen molar-refractivity contribution in [1.29, 1.82) is 0 Å². The standard InChI is InChI=1S/C26H30N4O8/c1-29(2)19-13-10-11-9-12-14(28-25(37)30-7-3-4-8-30)5-6-15(31)17(12)20(32)16(11)22(34)26(13,38)23(35)18(21(19)33)24(27)36/h5-6,11,13,16,18-19,31,38H,3-4,7-10H2,1-2H3,(H2,27,36)(H,28,37)/t11-,13-,16?,18?,19-,26-/m0/s1. The van der Waals surface area contributed by atoms with E-state index in [0.717, 1.165) is 12.8 Å². The number of fused-ring (bicyclic) bond motifs is 3. The van der Waals surface area contributed by atoms with Gasteiger partial charge in [-0.1, -0.05) is 0 Å². The number of nitrogens with one attached hydrogen (secondary N) is 1. The summed E-state index contributed by atoms with van der Waals surface area (Å²) in [6.45, 7) is 1.20. The zero-order valence-corrected chi connectivity index (χ0v) is 21.1. The lowest BCUT2D eigenvalue weighted by atomic mass is 9.52. The number of amides is 3. The smallest absolute Gasteiger partial charge is 0.321 e. The first-order chi connectivity index (χ1) is 17.9. The van der Waals surface area contributed by atoms with Crippen LogP contribution in [0.2, 0.25) is 0 Å². The van der Waals surface area contributed by atoms with Gasteiger partial charge in [-0.15, -0.1) is 0 Å². The van der Waals surface area contributed by atoms with E-state index in [1.165, 1.54) is 31.1 Å². The highest BCUT2D eigenvalue weighted by atomic mass is 16.3. The van der Waals surface area contributed by atoms with Crippen LogP contribution in [0.1, 0.15) is 35.2 Å². The Balaban J connectivity index is 1.57. The molecule has 12 nitrogen and oxygen atoms in total. The number of aliphatic hydroxyl groups is 1. The average molecular weight is 527 g/mol. The molecule has 1 aromatic carbocycles. The van der Waals surface area contributed by atoms with E-state index in [1.54, 1.807) is 4.90 Å². The van der Waals surface area contributed by atoms with Crippen molar-refractivity contribution in [2.24, 2.45) is 29.4 Å².